The van der Waals surface area contributed by atoms with E-state index in [2.05, 4.69) is 5.32 Å². The van der Waals surface area contributed by atoms with Gasteiger partial charge in [-0.1, -0.05) is 12.1 Å². The lowest BCUT2D eigenvalue weighted by molar-refractivity contribution is -0.139. The molecule has 6 heteroatoms. The molecule has 0 saturated heterocycles. The lowest BCUT2D eigenvalue weighted by Gasteiger charge is -2.07. The molecule has 0 aromatic heterocycles. The van der Waals surface area contributed by atoms with Crippen LogP contribution in [0.25, 0.3) is 0 Å². The van der Waals surface area contributed by atoms with Gasteiger partial charge in [0.05, 0.1) is 23.1 Å². The summed E-state index contributed by atoms with van der Waals surface area (Å²) in [6.45, 7) is 0. The number of amides is 1. The van der Waals surface area contributed by atoms with Gasteiger partial charge < -0.3 is 15.5 Å². The molecule has 94 valence electrons. The van der Waals surface area contributed by atoms with E-state index in [4.69, 9.17) is 10.2 Å². The third-order valence-electron chi connectivity index (χ3n) is 2.86. The SMILES string of the molecule is O=C(O)c1ccccc1NC(=O)[C@@H]1C[C@H]1C(=O)O. The number of nitrogens with one attached hydrogen (secondary N) is 1. The highest BCUT2D eigenvalue weighted by Gasteiger charge is 2.48. The van der Waals surface area contributed by atoms with Crippen LogP contribution in [0, 0.1) is 11.8 Å². The van der Waals surface area contributed by atoms with Crippen molar-refractivity contribution in [1.82, 2.24) is 0 Å². The summed E-state index contributed by atoms with van der Waals surface area (Å²) in [6.07, 6.45) is 0.302. The number of para-hydroxylation sites is 1. The van der Waals surface area contributed by atoms with Crippen molar-refractivity contribution >= 4 is 23.5 Å². The Labute approximate surface area is 102 Å². The molecule has 0 heterocycles. The Morgan fingerprint density at radius 2 is 1.78 bits per heavy atom. The molecule has 1 amide bonds. The van der Waals surface area contributed by atoms with Crippen LogP contribution in [-0.2, 0) is 9.59 Å². The normalized spacial score (nSPS) is 21.1. The molecule has 1 aliphatic rings. The zero-order valence-corrected chi connectivity index (χ0v) is 9.29. The van der Waals surface area contributed by atoms with Crippen LogP contribution < -0.4 is 5.32 Å². The van der Waals surface area contributed by atoms with Crippen LogP contribution in [0.5, 0.6) is 0 Å². The standard InChI is InChI=1S/C12H11NO5/c14-10(7-5-8(7)12(17)18)13-9-4-2-1-3-6(9)11(15)16/h1-4,7-8H,5H2,(H,13,14)(H,15,16)(H,17,18)/t7-,8-/m1/s1. The Balaban J connectivity index is 2.09. The number of aromatic carboxylic acids is 1. The number of hydrogen-bond acceptors (Lipinski definition) is 3. The van der Waals surface area contributed by atoms with Crippen molar-refractivity contribution in [1.29, 1.82) is 0 Å². The third-order valence-corrected chi connectivity index (χ3v) is 2.86. The first-order valence-electron chi connectivity index (χ1n) is 5.36. The molecular weight excluding hydrogens is 238 g/mol. The number of rotatable bonds is 4. The Hall–Kier alpha value is -2.37. The van der Waals surface area contributed by atoms with Gasteiger partial charge in [0, 0.05) is 0 Å². The van der Waals surface area contributed by atoms with E-state index in [-0.39, 0.29) is 11.3 Å². The molecule has 18 heavy (non-hydrogen) atoms. The minimum atomic E-state index is -1.14. The number of aliphatic carboxylic acids is 1. The van der Waals surface area contributed by atoms with Crippen molar-refractivity contribution in [3.05, 3.63) is 29.8 Å². The molecule has 3 N–H and O–H groups in total. The van der Waals surface area contributed by atoms with Gasteiger partial charge in [0.1, 0.15) is 0 Å². The summed E-state index contributed by atoms with van der Waals surface area (Å²) in [7, 11) is 0. The smallest absolute Gasteiger partial charge is 0.337 e. The minimum absolute atomic E-state index is 0.0154. The van der Waals surface area contributed by atoms with Gasteiger partial charge in [-0.05, 0) is 18.6 Å². The van der Waals surface area contributed by atoms with E-state index < -0.39 is 29.7 Å². The van der Waals surface area contributed by atoms with Gasteiger partial charge >= 0.3 is 11.9 Å². The molecule has 1 fully saturated rings. The van der Waals surface area contributed by atoms with Gasteiger partial charge in [-0.15, -0.1) is 0 Å². The molecular formula is C12H11NO5. The van der Waals surface area contributed by atoms with E-state index in [0.29, 0.717) is 6.42 Å². The lowest BCUT2D eigenvalue weighted by Crippen LogP contribution is -2.18. The second-order valence-electron chi connectivity index (χ2n) is 4.13. The summed E-state index contributed by atoms with van der Waals surface area (Å²) in [5.74, 6) is -3.81. The van der Waals surface area contributed by atoms with Crippen molar-refractivity contribution in [2.24, 2.45) is 11.8 Å². The molecule has 0 bridgehead atoms. The Morgan fingerprint density at radius 3 is 2.33 bits per heavy atom. The van der Waals surface area contributed by atoms with Crippen LogP contribution in [0.15, 0.2) is 24.3 Å². The first-order valence-corrected chi connectivity index (χ1v) is 5.36. The molecule has 1 aromatic carbocycles. The number of anilines is 1. The summed E-state index contributed by atoms with van der Waals surface area (Å²) in [5, 5.41) is 20.1. The monoisotopic (exact) mass is 249 g/mol. The van der Waals surface area contributed by atoms with E-state index in [0.717, 1.165) is 0 Å². The summed E-state index contributed by atoms with van der Waals surface area (Å²) in [6, 6.07) is 6.00. The summed E-state index contributed by atoms with van der Waals surface area (Å²) in [5.41, 5.74) is 0.171. The van der Waals surface area contributed by atoms with Gasteiger partial charge in [-0.2, -0.15) is 0 Å². The predicted molar refractivity (Wildman–Crippen MR) is 61.3 cm³/mol. The van der Waals surface area contributed by atoms with E-state index in [1.165, 1.54) is 12.1 Å². The van der Waals surface area contributed by atoms with E-state index in [9.17, 15) is 14.4 Å². The van der Waals surface area contributed by atoms with Gasteiger partial charge in [0.25, 0.3) is 0 Å². The molecule has 6 nitrogen and oxygen atoms in total. The predicted octanol–water partition coefficient (Wildman–Crippen LogP) is 1.04. The molecule has 0 radical (unpaired) electrons. The maximum Gasteiger partial charge on any atom is 0.337 e. The van der Waals surface area contributed by atoms with Crippen molar-refractivity contribution in [3.8, 4) is 0 Å². The maximum atomic E-state index is 11.7. The fourth-order valence-corrected chi connectivity index (χ4v) is 1.76. The molecule has 1 aliphatic carbocycles. The topological polar surface area (TPSA) is 104 Å². The number of carboxylic acids is 2. The number of carbonyl (C=O) groups is 3. The fourth-order valence-electron chi connectivity index (χ4n) is 1.76. The van der Waals surface area contributed by atoms with Crippen molar-refractivity contribution in [2.45, 2.75) is 6.42 Å². The zero-order chi connectivity index (χ0) is 13.3. The molecule has 0 unspecified atom stereocenters. The Kier molecular flexibility index (Phi) is 3.01. The maximum absolute atomic E-state index is 11.7. The first-order chi connectivity index (χ1) is 8.50. The van der Waals surface area contributed by atoms with E-state index in [1.807, 2.05) is 0 Å². The molecule has 0 aliphatic heterocycles. The van der Waals surface area contributed by atoms with Crippen molar-refractivity contribution in [3.63, 3.8) is 0 Å². The van der Waals surface area contributed by atoms with Crippen LogP contribution >= 0.6 is 0 Å². The second-order valence-corrected chi connectivity index (χ2v) is 4.13. The molecule has 1 saturated carbocycles. The second kappa shape index (κ2) is 4.48. The number of benzene rings is 1. The summed E-state index contributed by atoms with van der Waals surface area (Å²) >= 11 is 0. The number of carboxylic acid groups (broad SMARTS) is 2. The highest BCUT2D eigenvalue weighted by molar-refractivity contribution is 6.03. The molecule has 2 rings (SSSR count). The van der Waals surface area contributed by atoms with Crippen LogP contribution in [0.4, 0.5) is 5.69 Å². The van der Waals surface area contributed by atoms with Crippen LogP contribution in [0.3, 0.4) is 0 Å². The highest BCUT2D eigenvalue weighted by Crippen LogP contribution is 2.39. The largest absolute Gasteiger partial charge is 0.481 e. The van der Waals surface area contributed by atoms with E-state index in [1.54, 1.807) is 12.1 Å². The number of hydrogen-bond donors (Lipinski definition) is 3. The first kappa shape index (κ1) is 12.1. The van der Waals surface area contributed by atoms with Crippen molar-refractivity contribution < 1.29 is 24.6 Å². The molecule has 0 spiro atoms. The highest BCUT2D eigenvalue weighted by atomic mass is 16.4. The third kappa shape index (κ3) is 2.32. The molecule has 1 aromatic rings. The van der Waals surface area contributed by atoms with Crippen molar-refractivity contribution in [2.75, 3.05) is 5.32 Å². The van der Waals surface area contributed by atoms with E-state index >= 15 is 0 Å². The van der Waals surface area contributed by atoms with Gasteiger partial charge in [0.15, 0.2) is 0 Å². The average molecular weight is 249 g/mol. The van der Waals surface area contributed by atoms with Crippen LogP contribution in [-0.4, -0.2) is 28.1 Å². The number of carbonyl (C=O) groups excluding carboxylic acids is 1. The fraction of sp³-hybridized carbons (Fsp3) is 0.250. The summed E-state index contributed by atoms with van der Waals surface area (Å²) in [4.78, 5) is 33.2. The van der Waals surface area contributed by atoms with Gasteiger partial charge in [-0.25, -0.2) is 4.79 Å². The van der Waals surface area contributed by atoms with Gasteiger partial charge in [0.2, 0.25) is 5.91 Å². The average Bonchev–Trinajstić information content (AvgIpc) is 3.09. The lowest BCUT2D eigenvalue weighted by atomic mass is 10.1. The van der Waals surface area contributed by atoms with Crippen LogP contribution in [0.1, 0.15) is 16.8 Å². The Morgan fingerprint density at radius 1 is 1.11 bits per heavy atom. The molecule has 2 atom stereocenters. The quantitative estimate of drug-likeness (QED) is 0.739. The van der Waals surface area contributed by atoms with Crippen LogP contribution in [0.2, 0.25) is 0 Å². The zero-order valence-electron chi connectivity index (χ0n) is 9.29. The van der Waals surface area contributed by atoms with Gasteiger partial charge in [-0.3, -0.25) is 9.59 Å². The Bertz CT molecular complexity index is 525. The minimum Gasteiger partial charge on any atom is -0.481 e. The summed E-state index contributed by atoms with van der Waals surface area (Å²) < 4.78 is 0.